The molecule has 170 valence electrons. The van der Waals surface area contributed by atoms with Crippen LogP contribution in [-0.2, 0) is 16.6 Å². The van der Waals surface area contributed by atoms with Gasteiger partial charge in [-0.25, -0.2) is 13.4 Å². The molecule has 3 aromatic rings. The third-order valence-electron chi connectivity index (χ3n) is 6.12. The number of benzene rings is 2. The average Bonchev–Trinajstić information content (AvgIpc) is 3.24. The van der Waals surface area contributed by atoms with E-state index in [2.05, 4.69) is 4.98 Å². The fourth-order valence-electron chi connectivity index (χ4n) is 4.38. The zero-order chi connectivity index (χ0) is 22.6. The van der Waals surface area contributed by atoms with Crippen LogP contribution >= 0.6 is 11.6 Å². The van der Waals surface area contributed by atoms with Gasteiger partial charge in [-0.2, -0.15) is 4.31 Å². The second kappa shape index (κ2) is 10.2. The number of oxazole rings is 1. The number of halogens is 1. The summed E-state index contributed by atoms with van der Waals surface area (Å²) < 4.78 is 34.4. The molecule has 1 aliphatic carbocycles. The second-order valence-electron chi connectivity index (χ2n) is 8.19. The highest BCUT2D eigenvalue weighted by molar-refractivity contribution is 7.89. The molecule has 2 aromatic carbocycles. The van der Waals surface area contributed by atoms with E-state index in [1.807, 2.05) is 24.3 Å². The van der Waals surface area contributed by atoms with E-state index < -0.39 is 10.0 Å². The van der Waals surface area contributed by atoms with Crippen LogP contribution in [0, 0.1) is 5.92 Å². The summed E-state index contributed by atoms with van der Waals surface area (Å²) >= 11 is 5.99. The molecule has 0 spiro atoms. The minimum absolute atomic E-state index is 0.0274. The van der Waals surface area contributed by atoms with Gasteiger partial charge in [-0.05, 0) is 60.7 Å². The van der Waals surface area contributed by atoms with Crippen LogP contribution in [0.15, 0.2) is 70.3 Å². The minimum atomic E-state index is -3.80. The second-order valence-corrected chi connectivity index (χ2v) is 10.5. The van der Waals surface area contributed by atoms with E-state index in [-0.39, 0.29) is 30.0 Å². The molecule has 0 bridgehead atoms. The Balaban J connectivity index is 1.69. The Morgan fingerprint density at radius 2 is 1.75 bits per heavy atom. The first-order chi connectivity index (χ1) is 15.5. The van der Waals surface area contributed by atoms with Crippen LogP contribution in [-0.4, -0.2) is 35.5 Å². The smallest absolute Gasteiger partial charge is 0.243 e. The average molecular weight is 475 g/mol. The highest BCUT2D eigenvalue weighted by Gasteiger charge is 2.36. The normalized spacial score (nSPS) is 19.7. The lowest BCUT2D eigenvalue weighted by atomic mass is 9.95. The first-order valence-corrected chi connectivity index (χ1v) is 12.7. The van der Waals surface area contributed by atoms with Gasteiger partial charge in [-0.3, -0.25) is 0 Å². The van der Waals surface area contributed by atoms with E-state index in [0.717, 1.165) is 43.2 Å². The monoisotopic (exact) mass is 474 g/mol. The lowest BCUT2D eigenvalue weighted by molar-refractivity contribution is 0.139. The van der Waals surface area contributed by atoms with Gasteiger partial charge in [0.1, 0.15) is 6.26 Å². The van der Waals surface area contributed by atoms with Gasteiger partial charge in [0.05, 0.1) is 11.1 Å². The molecule has 1 heterocycles. The molecule has 0 saturated heterocycles. The van der Waals surface area contributed by atoms with E-state index in [4.69, 9.17) is 16.0 Å². The van der Waals surface area contributed by atoms with Crippen molar-refractivity contribution < 1.29 is 17.9 Å². The van der Waals surface area contributed by atoms with E-state index >= 15 is 0 Å². The zero-order valence-electron chi connectivity index (χ0n) is 17.7. The lowest BCUT2D eigenvalue weighted by Gasteiger charge is -2.35. The maximum Gasteiger partial charge on any atom is 0.243 e. The van der Waals surface area contributed by atoms with Crippen molar-refractivity contribution in [2.24, 2.45) is 5.92 Å². The molecule has 1 fully saturated rings. The van der Waals surface area contributed by atoms with E-state index in [1.165, 1.54) is 6.26 Å². The predicted molar refractivity (Wildman–Crippen MR) is 124 cm³/mol. The molecular formula is C24H27ClN2O4S. The van der Waals surface area contributed by atoms with Gasteiger partial charge in [0.15, 0.2) is 0 Å². The van der Waals surface area contributed by atoms with Crippen LogP contribution in [0.1, 0.15) is 37.7 Å². The molecule has 1 saturated carbocycles. The van der Waals surface area contributed by atoms with E-state index in [9.17, 15) is 13.5 Å². The van der Waals surface area contributed by atoms with Gasteiger partial charge in [0, 0.05) is 29.8 Å². The Morgan fingerprint density at radius 3 is 2.41 bits per heavy atom. The summed E-state index contributed by atoms with van der Waals surface area (Å²) in [4.78, 5) is 4.36. The van der Waals surface area contributed by atoms with Crippen molar-refractivity contribution in [3.8, 4) is 11.5 Å². The van der Waals surface area contributed by atoms with Gasteiger partial charge in [-0.15, -0.1) is 0 Å². The molecule has 1 aromatic heterocycles. The van der Waals surface area contributed by atoms with Gasteiger partial charge in [-0.1, -0.05) is 43.0 Å². The fraction of sp³-hybridized carbons (Fsp3) is 0.375. The van der Waals surface area contributed by atoms with Crippen molar-refractivity contribution in [3.05, 3.63) is 71.6 Å². The molecule has 0 unspecified atom stereocenters. The van der Waals surface area contributed by atoms with Crippen molar-refractivity contribution in [1.29, 1.82) is 0 Å². The molecule has 0 aliphatic heterocycles. The van der Waals surface area contributed by atoms with Crippen LogP contribution < -0.4 is 0 Å². The van der Waals surface area contributed by atoms with Crippen molar-refractivity contribution in [2.75, 3.05) is 6.61 Å². The molecule has 1 N–H and O–H groups in total. The van der Waals surface area contributed by atoms with Crippen LogP contribution in [0.25, 0.3) is 11.5 Å². The predicted octanol–water partition coefficient (Wildman–Crippen LogP) is 5.13. The Bertz CT molecular complexity index is 1100. The van der Waals surface area contributed by atoms with Crippen LogP contribution in [0.4, 0.5) is 0 Å². The lowest BCUT2D eigenvalue weighted by Crippen LogP contribution is -2.44. The number of hydrogen-bond donors (Lipinski definition) is 1. The summed E-state index contributed by atoms with van der Waals surface area (Å²) in [5, 5.41) is 10.5. The van der Waals surface area contributed by atoms with Gasteiger partial charge < -0.3 is 9.52 Å². The first-order valence-electron chi connectivity index (χ1n) is 10.9. The van der Waals surface area contributed by atoms with Crippen molar-refractivity contribution in [1.82, 2.24) is 9.29 Å². The van der Waals surface area contributed by atoms with E-state index in [1.54, 1.807) is 34.8 Å². The van der Waals surface area contributed by atoms with Gasteiger partial charge in [0.25, 0.3) is 0 Å². The highest BCUT2D eigenvalue weighted by atomic mass is 35.5. The maximum absolute atomic E-state index is 13.8. The number of rotatable bonds is 7. The number of aromatic nitrogens is 1. The Labute approximate surface area is 193 Å². The third kappa shape index (κ3) is 5.07. The summed E-state index contributed by atoms with van der Waals surface area (Å²) in [5.74, 6) is 0.428. The molecule has 1 aliphatic rings. The van der Waals surface area contributed by atoms with Crippen molar-refractivity contribution in [3.63, 3.8) is 0 Å². The van der Waals surface area contributed by atoms with Crippen LogP contribution in [0.2, 0.25) is 5.02 Å². The number of hydrogen-bond acceptors (Lipinski definition) is 5. The molecular weight excluding hydrogens is 448 g/mol. The summed E-state index contributed by atoms with van der Waals surface area (Å²) in [6, 6.07) is 13.6. The number of aliphatic hydroxyl groups excluding tert-OH is 1. The van der Waals surface area contributed by atoms with Crippen molar-refractivity contribution >= 4 is 21.6 Å². The molecule has 2 atom stereocenters. The Morgan fingerprint density at radius 1 is 1.03 bits per heavy atom. The number of aliphatic hydroxyl groups is 1. The molecule has 32 heavy (non-hydrogen) atoms. The fourth-order valence-corrected chi connectivity index (χ4v) is 6.21. The van der Waals surface area contributed by atoms with E-state index in [0.29, 0.717) is 10.9 Å². The summed E-state index contributed by atoms with van der Waals surface area (Å²) in [6.07, 6.45) is 7.64. The Hall–Kier alpha value is -2.19. The zero-order valence-corrected chi connectivity index (χ0v) is 19.3. The molecule has 0 amide bonds. The number of sulfonamides is 1. The SMILES string of the molecule is O=S(=O)(c1ccc(Cl)cc1)N(Cc1ccc(-c2ncco2)cc1)[C@H]1CCCCC[C@H]1CO. The molecule has 0 radical (unpaired) electrons. The Kier molecular flexibility index (Phi) is 7.30. The van der Waals surface area contributed by atoms with Crippen molar-refractivity contribution in [2.45, 2.75) is 49.6 Å². The molecule has 6 nitrogen and oxygen atoms in total. The summed E-state index contributed by atoms with van der Waals surface area (Å²) in [5.41, 5.74) is 1.69. The van der Waals surface area contributed by atoms with Gasteiger partial charge >= 0.3 is 0 Å². The molecule has 4 rings (SSSR count). The summed E-state index contributed by atoms with van der Waals surface area (Å²) in [7, 11) is -3.80. The third-order valence-corrected chi connectivity index (χ3v) is 8.25. The van der Waals surface area contributed by atoms with Crippen LogP contribution in [0.3, 0.4) is 0 Å². The first kappa shape index (κ1) is 23.0. The quantitative estimate of drug-likeness (QED) is 0.480. The highest BCUT2D eigenvalue weighted by Crippen LogP contribution is 2.33. The van der Waals surface area contributed by atoms with Crippen LogP contribution in [0.5, 0.6) is 0 Å². The standard InChI is InChI=1S/C24H27ClN2O4S/c25-21-10-12-22(13-11-21)32(29,30)27(23-5-3-1-2-4-20(23)17-28)16-18-6-8-19(9-7-18)24-26-14-15-31-24/h6-15,20,23,28H,1-5,16-17H2/t20-,23-/m0/s1. The number of nitrogens with zero attached hydrogens (tertiary/aromatic N) is 2. The maximum atomic E-state index is 13.8. The topological polar surface area (TPSA) is 83.6 Å². The van der Waals surface area contributed by atoms with Gasteiger partial charge in [0.2, 0.25) is 15.9 Å². The molecule has 8 heteroatoms. The largest absolute Gasteiger partial charge is 0.445 e. The summed E-state index contributed by atoms with van der Waals surface area (Å²) in [6.45, 7) is 0.193. The minimum Gasteiger partial charge on any atom is -0.445 e.